The highest BCUT2D eigenvalue weighted by Crippen LogP contribution is 2.24. The zero-order valence-corrected chi connectivity index (χ0v) is 16.4. The molecule has 136 valence electrons. The molecule has 0 radical (unpaired) electrons. The molecular weight excluding hydrogens is 387 g/mol. The summed E-state index contributed by atoms with van der Waals surface area (Å²) in [5.41, 5.74) is 1.53. The van der Waals surface area contributed by atoms with Crippen LogP contribution >= 0.6 is 15.9 Å². The van der Waals surface area contributed by atoms with Crippen LogP contribution in [0.5, 0.6) is 5.88 Å². The van der Waals surface area contributed by atoms with Crippen molar-refractivity contribution < 1.29 is 13.9 Å². The maximum atomic E-state index is 13.4. The molecule has 1 amide bonds. The summed E-state index contributed by atoms with van der Waals surface area (Å²) in [4.78, 5) is 16.2. The molecule has 0 spiro atoms. The molecule has 1 aliphatic carbocycles. The average molecular weight is 411 g/mol. The van der Waals surface area contributed by atoms with Crippen molar-refractivity contribution >= 4 is 21.8 Å². The molecule has 1 atom stereocenters. The van der Waals surface area contributed by atoms with E-state index in [9.17, 15) is 9.18 Å². The van der Waals surface area contributed by atoms with Gasteiger partial charge in [-0.25, -0.2) is 9.37 Å². The Hall–Kier alpha value is -1.69. The molecule has 0 aromatic carbocycles. The van der Waals surface area contributed by atoms with E-state index in [1.54, 1.807) is 12.1 Å². The fourth-order valence-corrected chi connectivity index (χ4v) is 2.97. The van der Waals surface area contributed by atoms with Crippen LogP contribution in [0.3, 0.4) is 0 Å². The molecule has 0 aliphatic heterocycles. The van der Waals surface area contributed by atoms with Gasteiger partial charge in [0, 0.05) is 23.6 Å². The first kappa shape index (κ1) is 19.6. The van der Waals surface area contributed by atoms with Gasteiger partial charge in [0.05, 0.1) is 5.56 Å². The minimum absolute atomic E-state index is 0.0109. The van der Waals surface area contributed by atoms with E-state index in [4.69, 9.17) is 4.74 Å². The van der Waals surface area contributed by atoms with Gasteiger partial charge in [0.15, 0.2) is 0 Å². The number of allylic oxidation sites excluding steroid dienone is 3. The second-order valence-corrected chi connectivity index (χ2v) is 8.49. The van der Waals surface area contributed by atoms with Gasteiger partial charge < -0.3 is 10.1 Å². The van der Waals surface area contributed by atoms with Crippen LogP contribution in [0.25, 0.3) is 0 Å². The number of carbonyl (C=O) groups excluding carboxylic acids is 1. The molecule has 0 saturated carbocycles. The highest BCUT2D eigenvalue weighted by Gasteiger charge is 2.14. The zero-order chi connectivity index (χ0) is 18.4. The van der Waals surface area contributed by atoms with E-state index >= 15 is 0 Å². The molecule has 1 aliphatic rings. The highest BCUT2D eigenvalue weighted by atomic mass is 79.9. The Kier molecular flexibility index (Phi) is 6.76. The van der Waals surface area contributed by atoms with Gasteiger partial charge in [0.25, 0.3) is 5.91 Å². The largest absolute Gasteiger partial charge is 0.473 e. The smallest absolute Gasteiger partial charge is 0.252 e. The van der Waals surface area contributed by atoms with Crippen LogP contribution in [0.2, 0.25) is 0 Å². The molecule has 6 heteroatoms. The van der Waals surface area contributed by atoms with Crippen molar-refractivity contribution in [1.82, 2.24) is 10.3 Å². The number of nitrogens with zero attached hydrogens (tertiary/aromatic N) is 1. The lowest BCUT2D eigenvalue weighted by atomic mass is 9.92. The molecule has 0 fully saturated rings. The lowest BCUT2D eigenvalue weighted by molar-refractivity contribution is 0.0949. The van der Waals surface area contributed by atoms with Gasteiger partial charge in [-0.2, -0.15) is 0 Å². The minimum atomic E-state index is -0.262. The maximum Gasteiger partial charge on any atom is 0.252 e. The number of ether oxygens (including phenoxy) is 1. The molecule has 1 unspecified atom stereocenters. The molecule has 2 rings (SSSR count). The summed E-state index contributed by atoms with van der Waals surface area (Å²) in [6.07, 6.45) is 6.10. The van der Waals surface area contributed by atoms with E-state index in [1.165, 1.54) is 18.3 Å². The van der Waals surface area contributed by atoms with Gasteiger partial charge in [-0.1, -0.05) is 36.7 Å². The molecule has 25 heavy (non-hydrogen) atoms. The summed E-state index contributed by atoms with van der Waals surface area (Å²) in [5, 5.41) is 2.89. The normalized spacial score (nSPS) is 17.6. The van der Waals surface area contributed by atoms with Gasteiger partial charge >= 0.3 is 0 Å². The van der Waals surface area contributed by atoms with Crippen LogP contribution in [-0.4, -0.2) is 28.9 Å². The first-order valence-corrected chi connectivity index (χ1v) is 9.22. The van der Waals surface area contributed by atoms with Crippen molar-refractivity contribution in [3.05, 3.63) is 47.4 Å². The number of amides is 1. The number of carbonyl (C=O) groups is 1. The third-order valence-electron chi connectivity index (χ3n) is 3.70. The van der Waals surface area contributed by atoms with E-state index in [0.29, 0.717) is 24.4 Å². The zero-order valence-electron chi connectivity index (χ0n) is 14.8. The van der Waals surface area contributed by atoms with Crippen LogP contribution in [0, 0.1) is 5.41 Å². The van der Waals surface area contributed by atoms with Crippen LogP contribution in [-0.2, 0) is 0 Å². The summed E-state index contributed by atoms with van der Waals surface area (Å²) in [6.45, 7) is 7.30. The first-order chi connectivity index (χ1) is 11.7. The predicted molar refractivity (Wildman–Crippen MR) is 101 cm³/mol. The van der Waals surface area contributed by atoms with E-state index in [2.05, 4.69) is 47.0 Å². The van der Waals surface area contributed by atoms with Gasteiger partial charge in [-0.3, -0.25) is 4.79 Å². The van der Waals surface area contributed by atoms with Crippen LogP contribution < -0.4 is 10.1 Å². The Bertz CT molecular complexity index is 663. The summed E-state index contributed by atoms with van der Waals surface area (Å²) in [6, 6.07) is 3.33. The van der Waals surface area contributed by atoms with Gasteiger partial charge in [-0.05, 0) is 42.0 Å². The van der Waals surface area contributed by atoms with Crippen molar-refractivity contribution in [2.75, 3.05) is 13.2 Å². The van der Waals surface area contributed by atoms with Gasteiger partial charge in [0.2, 0.25) is 5.88 Å². The Morgan fingerprint density at radius 2 is 2.20 bits per heavy atom. The Labute approximate surface area is 156 Å². The second-order valence-electron chi connectivity index (χ2n) is 7.31. The van der Waals surface area contributed by atoms with Crippen LogP contribution in [0.15, 0.2) is 41.9 Å². The number of rotatable bonds is 6. The van der Waals surface area contributed by atoms with Crippen molar-refractivity contribution in [2.24, 2.45) is 5.41 Å². The fraction of sp³-hybridized carbons (Fsp3) is 0.474. The number of pyridine rings is 1. The monoisotopic (exact) mass is 410 g/mol. The number of halogens is 2. The van der Waals surface area contributed by atoms with E-state index < -0.39 is 0 Å². The molecule has 0 saturated heterocycles. The number of nitrogens with one attached hydrogen (secondary N) is 1. The Morgan fingerprint density at radius 3 is 2.80 bits per heavy atom. The van der Waals surface area contributed by atoms with E-state index in [1.807, 2.05) is 0 Å². The lowest BCUT2D eigenvalue weighted by Gasteiger charge is -2.18. The molecule has 0 bridgehead atoms. The van der Waals surface area contributed by atoms with Crippen molar-refractivity contribution in [1.29, 1.82) is 0 Å². The molecule has 1 aromatic heterocycles. The Balaban J connectivity index is 1.83. The van der Waals surface area contributed by atoms with Crippen molar-refractivity contribution in [2.45, 2.75) is 38.4 Å². The van der Waals surface area contributed by atoms with Gasteiger partial charge in [0.1, 0.15) is 12.4 Å². The SMILES string of the molecule is CC(C)(C)CCNC(=O)c1ccc(OCC2=CC(F)=CC(Br)C2)nc1. The quantitative estimate of drug-likeness (QED) is 0.698. The van der Waals surface area contributed by atoms with Gasteiger partial charge in [-0.15, -0.1) is 0 Å². The number of aromatic nitrogens is 1. The minimum Gasteiger partial charge on any atom is -0.473 e. The lowest BCUT2D eigenvalue weighted by Crippen LogP contribution is -2.27. The predicted octanol–water partition coefficient (Wildman–Crippen LogP) is 4.57. The summed E-state index contributed by atoms with van der Waals surface area (Å²) >= 11 is 3.38. The molecule has 1 N–H and O–H groups in total. The standard InChI is InChI=1S/C19H24BrFN2O2/c1-19(2,3)6-7-22-18(24)14-4-5-17(23-11-14)25-12-13-8-15(20)10-16(21)9-13/h4-5,9-11,15H,6-8,12H2,1-3H3,(H,22,24). The third kappa shape index (κ3) is 6.98. The van der Waals surface area contributed by atoms with Crippen molar-refractivity contribution in [3.63, 3.8) is 0 Å². The fourth-order valence-electron chi connectivity index (χ4n) is 2.30. The number of hydrogen-bond acceptors (Lipinski definition) is 3. The first-order valence-electron chi connectivity index (χ1n) is 8.31. The summed E-state index contributed by atoms with van der Waals surface area (Å²) < 4.78 is 18.9. The topological polar surface area (TPSA) is 51.2 Å². The second kappa shape index (κ2) is 8.61. The average Bonchev–Trinajstić information content (AvgIpc) is 2.51. The molecule has 1 heterocycles. The number of hydrogen-bond donors (Lipinski definition) is 1. The molecule has 1 aromatic rings. The third-order valence-corrected chi connectivity index (χ3v) is 4.29. The summed E-state index contributed by atoms with van der Waals surface area (Å²) in [7, 11) is 0. The van der Waals surface area contributed by atoms with Crippen molar-refractivity contribution in [3.8, 4) is 5.88 Å². The number of alkyl halides is 1. The molecule has 4 nitrogen and oxygen atoms in total. The van der Waals surface area contributed by atoms with Crippen LogP contribution in [0.1, 0.15) is 44.0 Å². The summed E-state index contributed by atoms with van der Waals surface area (Å²) in [5.74, 6) is 0.00260. The Morgan fingerprint density at radius 1 is 1.44 bits per heavy atom. The van der Waals surface area contributed by atoms with Crippen LogP contribution in [0.4, 0.5) is 4.39 Å². The maximum absolute atomic E-state index is 13.4. The molecular formula is C19H24BrFN2O2. The highest BCUT2D eigenvalue weighted by molar-refractivity contribution is 9.09. The van der Waals surface area contributed by atoms with E-state index in [-0.39, 0.29) is 28.6 Å². The van der Waals surface area contributed by atoms with E-state index in [0.717, 1.165) is 12.0 Å².